The minimum Gasteiger partial charge on any atom is -0.340 e. The van der Waals surface area contributed by atoms with Crippen molar-refractivity contribution in [1.82, 2.24) is 0 Å². The van der Waals surface area contributed by atoms with E-state index in [4.69, 9.17) is 0 Å². The fourth-order valence-corrected chi connectivity index (χ4v) is 2.64. The van der Waals surface area contributed by atoms with E-state index in [1.54, 1.807) is 0 Å². The Labute approximate surface area is 193 Å². The van der Waals surface area contributed by atoms with Gasteiger partial charge in [0.05, 0.1) is 12.2 Å². The summed E-state index contributed by atoms with van der Waals surface area (Å²) in [4.78, 5) is 12.1. The fourth-order valence-electron chi connectivity index (χ4n) is 2.64. The molecular weight excluding hydrogens is 536 g/mol. The van der Waals surface area contributed by atoms with Gasteiger partial charge in [0.15, 0.2) is 0 Å². The van der Waals surface area contributed by atoms with Crippen molar-refractivity contribution in [2.45, 2.75) is 49.1 Å². The zero-order valence-electron chi connectivity index (χ0n) is 17.6. The van der Waals surface area contributed by atoms with Gasteiger partial charge in [-0.25, -0.2) is 0 Å². The lowest BCUT2D eigenvalue weighted by Crippen LogP contribution is -2.58. The number of halogens is 12. The molecule has 1 heterocycles. The zero-order valence-corrected chi connectivity index (χ0v) is 17.6. The Morgan fingerprint density at radius 1 is 0.833 bits per heavy atom. The minimum atomic E-state index is -6.48. The third-order valence-electron chi connectivity index (χ3n) is 4.76. The van der Waals surface area contributed by atoms with Gasteiger partial charge in [-0.3, -0.25) is 4.79 Å². The van der Waals surface area contributed by atoms with E-state index in [1.165, 1.54) is 6.07 Å². The van der Waals surface area contributed by atoms with Crippen molar-refractivity contribution < 1.29 is 71.7 Å². The van der Waals surface area contributed by atoms with Crippen LogP contribution >= 0.6 is 0 Å². The van der Waals surface area contributed by atoms with Gasteiger partial charge >= 0.3 is 36.1 Å². The van der Waals surface area contributed by atoms with Crippen LogP contribution in [0.5, 0.6) is 0 Å². The van der Waals surface area contributed by atoms with Crippen LogP contribution < -0.4 is 0 Å². The van der Waals surface area contributed by atoms with E-state index < -0.39 is 61.5 Å². The maximum Gasteiger partial charge on any atom is 0.456 e. The summed E-state index contributed by atoms with van der Waals surface area (Å²) in [5.41, 5.74) is 0.337. The molecule has 2 rings (SSSR count). The van der Waals surface area contributed by atoms with Crippen LogP contribution in [0.2, 0.25) is 0 Å². The van der Waals surface area contributed by atoms with Gasteiger partial charge in [-0.2, -0.15) is 62.9 Å². The van der Waals surface area contributed by atoms with Crippen LogP contribution in [0.25, 0.3) is 0 Å². The molecule has 0 amide bonds. The van der Waals surface area contributed by atoms with Gasteiger partial charge in [-0.1, -0.05) is 12.1 Å². The number of Topliss-reactive ketones (excluding diaryl/α,β-unsaturated/α-hetero) is 1. The highest BCUT2D eigenvalue weighted by Gasteiger charge is 2.68. The second-order valence-corrected chi connectivity index (χ2v) is 7.29. The molecule has 0 fully saturated rings. The SMILES string of the molecule is COC(F)(COC(F)(COC(F)(C(=O)Cc1ccc2c(c1)CN=N2)C(F)(F)F)C(F)(F)F)C(F)(F)F. The van der Waals surface area contributed by atoms with Gasteiger partial charge in [0.25, 0.3) is 0 Å². The number of alkyl halides is 12. The predicted molar refractivity (Wildman–Crippen MR) is 92.0 cm³/mol. The van der Waals surface area contributed by atoms with Crippen molar-refractivity contribution in [3.05, 3.63) is 29.3 Å². The van der Waals surface area contributed by atoms with Crippen molar-refractivity contribution in [3.63, 3.8) is 0 Å². The topological polar surface area (TPSA) is 69.5 Å². The molecule has 0 radical (unpaired) electrons. The third-order valence-corrected chi connectivity index (χ3v) is 4.76. The summed E-state index contributed by atoms with van der Waals surface area (Å²) < 4.78 is 170. The maximum atomic E-state index is 14.7. The van der Waals surface area contributed by atoms with E-state index in [0.29, 0.717) is 5.56 Å². The normalized spacial score (nSPS) is 19.4. The Morgan fingerprint density at radius 3 is 1.89 bits per heavy atom. The van der Waals surface area contributed by atoms with Crippen LogP contribution in [-0.2, 0) is 32.0 Å². The van der Waals surface area contributed by atoms with Crippen LogP contribution in [-0.4, -0.2) is 62.2 Å². The van der Waals surface area contributed by atoms with Crippen molar-refractivity contribution in [3.8, 4) is 0 Å². The number of fused-ring (bicyclic) bond motifs is 1. The Kier molecular flexibility index (Phi) is 8.08. The average molecular weight is 550 g/mol. The van der Waals surface area contributed by atoms with Gasteiger partial charge < -0.3 is 14.2 Å². The zero-order chi connectivity index (χ0) is 27.8. The second-order valence-electron chi connectivity index (χ2n) is 7.29. The molecule has 3 atom stereocenters. The van der Waals surface area contributed by atoms with Crippen molar-refractivity contribution in [2.75, 3.05) is 20.3 Å². The molecular formula is C18H14F12N2O4. The summed E-state index contributed by atoms with van der Waals surface area (Å²) in [6.45, 7) is -6.05. The fraction of sp³-hybridized carbons (Fsp3) is 0.611. The monoisotopic (exact) mass is 550 g/mol. The first-order valence-corrected chi connectivity index (χ1v) is 9.32. The van der Waals surface area contributed by atoms with E-state index in [-0.39, 0.29) is 24.9 Å². The van der Waals surface area contributed by atoms with Crippen LogP contribution in [0.15, 0.2) is 28.4 Å². The lowest BCUT2D eigenvalue weighted by atomic mass is 10.0. The van der Waals surface area contributed by atoms with Crippen LogP contribution in [0.4, 0.5) is 58.4 Å². The Bertz CT molecular complexity index is 996. The quantitative estimate of drug-likeness (QED) is 0.348. The number of hydrogen-bond donors (Lipinski definition) is 0. The molecule has 0 saturated carbocycles. The van der Waals surface area contributed by atoms with E-state index in [9.17, 15) is 57.5 Å². The second kappa shape index (κ2) is 9.77. The number of rotatable bonds is 10. The Morgan fingerprint density at radius 2 is 1.39 bits per heavy atom. The van der Waals surface area contributed by atoms with E-state index in [0.717, 1.165) is 12.1 Å². The largest absolute Gasteiger partial charge is 0.456 e. The molecule has 1 aromatic rings. The molecule has 1 aromatic carbocycles. The summed E-state index contributed by atoms with van der Waals surface area (Å²) in [6.07, 6.45) is -20.3. The molecule has 1 aliphatic heterocycles. The first-order chi connectivity index (χ1) is 16.2. The smallest absolute Gasteiger partial charge is 0.340 e. The summed E-state index contributed by atoms with van der Waals surface area (Å²) >= 11 is 0. The average Bonchev–Trinajstić information content (AvgIpc) is 3.21. The highest BCUT2D eigenvalue weighted by Crippen LogP contribution is 2.43. The van der Waals surface area contributed by atoms with Gasteiger partial charge in [0.1, 0.15) is 13.2 Å². The number of hydrogen-bond acceptors (Lipinski definition) is 6. The molecule has 0 N–H and O–H groups in total. The number of carbonyl (C=O) groups is 1. The molecule has 204 valence electrons. The number of benzene rings is 1. The molecule has 1 aliphatic rings. The highest BCUT2D eigenvalue weighted by atomic mass is 19.4. The highest BCUT2D eigenvalue weighted by molar-refractivity contribution is 5.88. The number of ether oxygens (including phenoxy) is 3. The van der Waals surface area contributed by atoms with Gasteiger partial charge in [0.2, 0.25) is 5.78 Å². The lowest BCUT2D eigenvalue weighted by Gasteiger charge is -2.34. The number of methoxy groups -OCH3 is 1. The number of carbonyl (C=O) groups excluding carboxylic acids is 1. The lowest BCUT2D eigenvalue weighted by molar-refractivity contribution is -0.404. The van der Waals surface area contributed by atoms with E-state index in [2.05, 4.69) is 24.4 Å². The number of ketones is 1. The third kappa shape index (κ3) is 5.91. The summed E-state index contributed by atoms with van der Waals surface area (Å²) in [5.74, 6) is -18.8. The first kappa shape index (κ1) is 29.8. The first-order valence-electron chi connectivity index (χ1n) is 9.32. The van der Waals surface area contributed by atoms with E-state index in [1.807, 2.05) is 0 Å². The summed E-state index contributed by atoms with van der Waals surface area (Å²) in [7, 11) is 0.0247. The molecule has 3 unspecified atom stereocenters. The summed E-state index contributed by atoms with van der Waals surface area (Å²) in [5, 5.41) is 7.22. The van der Waals surface area contributed by atoms with Crippen molar-refractivity contribution >= 4 is 11.5 Å². The molecule has 0 saturated heterocycles. The number of azo groups is 1. The minimum absolute atomic E-state index is 0.0247. The van der Waals surface area contributed by atoms with Crippen molar-refractivity contribution in [1.29, 1.82) is 0 Å². The Balaban J connectivity index is 2.28. The molecule has 0 aromatic heterocycles. The number of nitrogens with zero attached hydrogens (tertiary/aromatic N) is 2. The van der Waals surface area contributed by atoms with Crippen LogP contribution in [0.1, 0.15) is 11.1 Å². The Hall–Kier alpha value is -2.47. The standard InChI is InChI=1S/C18H14F12N2O4/c1-34-13(19,16(22,23)24)7-35-14(20,17(25,26)27)8-36-15(21,18(28,29)30)12(33)5-9-2-3-11-10(4-9)6-31-32-11/h2-4H,5-8H2,1H3. The molecule has 6 nitrogen and oxygen atoms in total. The van der Waals surface area contributed by atoms with Crippen LogP contribution in [0, 0.1) is 0 Å². The van der Waals surface area contributed by atoms with Gasteiger partial charge in [0, 0.05) is 19.1 Å². The maximum absolute atomic E-state index is 14.7. The molecule has 36 heavy (non-hydrogen) atoms. The summed E-state index contributed by atoms with van der Waals surface area (Å²) in [6, 6.07) is 3.33. The van der Waals surface area contributed by atoms with E-state index >= 15 is 0 Å². The molecule has 0 bridgehead atoms. The van der Waals surface area contributed by atoms with Crippen LogP contribution in [0.3, 0.4) is 0 Å². The predicted octanol–water partition coefficient (Wildman–Crippen LogP) is 5.76. The van der Waals surface area contributed by atoms with Gasteiger partial charge in [-0.15, -0.1) is 0 Å². The molecule has 0 aliphatic carbocycles. The molecule has 0 spiro atoms. The van der Waals surface area contributed by atoms with Crippen molar-refractivity contribution in [2.24, 2.45) is 10.2 Å². The van der Waals surface area contributed by atoms with Gasteiger partial charge in [-0.05, 0) is 11.6 Å². The molecule has 18 heteroatoms.